The maximum atomic E-state index is 11.4. The van der Waals surface area contributed by atoms with Gasteiger partial charge in [-0.05, 0) is 5.92 Å². The molecule has 0 radical (unpaired) electrons. The SMILES string of the molecule is CC(C)C(CNC(=O)Nc1cn[nH]c1)C(=O)O. The molecular formula is C10H16N4O3. The van der Waals surface area contributed by atoms with Crippen molar-refractivity contribution in [3.05, 3.63) is 12.4 Å². The summed E-state index contributed by atoms with van der Waals surface area (Å²) < 4.78 is 0. The molecule has 1 heterocycles. The molecule has 0 aromatic carbocycles. The number of nitrogens with one attached hydrogen (secondary N) is 3. The summed E-state index contributed by atoms with van der Waals surface area (Å²) in [4.78, 5) is 22.3. The highest BCUT2D eigenvalue weighted by Gasteiger charge is 2.21. The Balaban J connectivity index is 2.39. The van der Waals surface area contributed by atoms with Gasteiger partial charge in [0.15, 0.2) is 0 Å². The molecule has 2 amide bonds. The summed E-state index contributed by atoms with van der Waals surface area (Å²) in [5, 5.41) is 20.2. The van der Waals surface area contributed by atoms with Crippen LogP contribution < -0.4 is 10.6 Å². The summed E-state index contributed by atoms with van der Waals surface area (Å²) >= 11 is 0. The minimum atomic E-state index is -0.913. The molecular weight excluding hydrogens is 224 g/mol. The molecule has 0 spiro atoms. The van der Waals surface area contributed by atoms with Gasteiger partial charge < -0.3 is 15.7 Å². The van der Waals surface area contributed by atoms with E-state index in [1.165, 1.54) is 12.4 Å². The van der Waals surface area contributed by atoms with Crippen LogP contribution >= 0.6 is 0 Å². The van der Waals surface area contributed by atoms with Crippen LogP contribution in [0.4, 0.5) is 10.5 Å². The molecule has 1 atom stereocenters. The highest BCUT2D eigenvalue weighted by atomic mass is 16.4. The van der Waals surface area contributed by atoms with Gasteiger partial charge in [0.1, 0.15) is 0 Å². The third-order valence-corrected chi connectivity index (χ3v) is 2.36. The molecule has 1 unspecified atom stereocenters. The van der Waals surface area contributed by atoms with E-state index in [2.05, 4.69) is 20.8 Å². The molecule has 4 N–H and O–H groups in total. The first-order valence-corrected chi connectivity index (χ1v) is 5.27. The van der Waals surface area contributed by atoms with Crippen molar-refractivity contribution in [3.63, 3.8) is 0 Å². The van der Waals surface area contributed by atoms with E-state index in [1.807, 2.05) is 0 Å². The number of amides is 2. The first-order chi connectivity index (χ1) is 8.00. The van der Waals surface area contributed by atoms with Crippen molar-refractivity contribution >= 4 is 17.7 Å². The molecule has 1 aromatic heterocycles. The number of hydrogen-bond acceptors (Lipinski definition) is 3. The summed E-state index contributed by atoms with van der Waals surface area (Å²) in [6.45, 7) is 3.69. The molecule has 0 aliphatic heterocycles. The van der Waals surface area contributed by atoms with Crippen molar-refractivity contribution in [3.8, 4) is 0 Å². The van der Waals surface area contributed by atoms with Gasteiger partial charge in [-0.15, -0.1) is 0 Å². The summed E-state index contributed by atoms with van der Waals surface area (Å²) in [5.41, 5.74) is 0.527. The summed E-state index contributed by atoms with van der Waals surface area (Å²) in [7, 11) is 0. The van der Waals surface area contributed by atoms with Crippen LogP contribution in [-0.4, -0.2) is 33.8 Å². The van der Waals surface area contributed by atoms with Gasteiger partial charge in [-0.2, -0.15) is 5.10 Å². The van der Waals surface area contributed by atoms with Gasteiger partial charge in [0.25, 0.3) is 0 Å². The fourth-order valence-electron chi connectivity index (χ4n) is 1.31. The Morgan fingerprint density at radius 1 is 1.53 bits per heavy atom. The Morgan fingerprint density at radius 3 is 2.71 bits per heavy atom. The third kappa shape index (κ3) is 4.13. The van der Waals surface area contributed by atoms with Crippen molar-refractivity contribution in [1.29, 1.82) is 0 Å². The number of carbonyl (C=O) groups is 2. The van der Waals surface area contributed by atoms with Crippen LogP contribution in [0.5, 0.6) is 0 Å². The second kappa shape index (κ2) is 5.88. The van der Waals surface area contributed by atoms with Gasteiger partial charge in [0.05, 0.1) is 17.8 Å². The number of aromatic amines is 1. The molecule has 7 heteroatoms. The van der Waals surface area contributed by atoms with Crippen molar-refractivity contribution in [2.45, 2.75) is 13.8 Å². The van der Waals surface area contributed by atoms with Crippen LogP contribution in [0.25, 0.3) is 0 Å². The molecule has 17 heavy (non-hydrogen) atoms. The van der Waals surface area contributed by atoms with Gasteiger partial charge in [-0.3, -0.25) is 9.89 Å². The number of carbonyl (C=O) groups excluding carboxylic acids is 1. The predicted octanol–water partition coefficient (Wildman–Crippen LogP) is 0.888. The summed E-state index contributed by atoms with van der Waals surface area (Å²) in [6, 6.07) is -0.446. The van der Waals surface area contributed by atoms with Crippen LogP contribution in [0.1, 0.15) is 13.8 Å². The first-order valence-electron chi connectivity index (χ1n) is 5.27. The Labute approximate surface area is 98.6 Å². The van der Waals surface area contributed by atoms with Crippen LogP contribution in [-0.2, 0) is 4.79 Å². The van der Waals surface area contributed by atoms with Crippen LogP contribution in [0.15, 0.2) is 12.4 Å². The van der Waals surface area contributed by atoms with Gasteiger partial charge >= 0.3 is 12.0 Å². The molecule has 0 aliphatic carbocycles. The fourth-order valence-corrected chi connectivity index (χ4v) is 1.31. The Bertz CT molecular complexity index is 375. The van der Waals surface area contributed by atoms with Gasteiger partial charge in [0.2, 0.25) is 0 Å². The summed E-state index contributed by atoms with van der Waals surface area (Å²) in [5.74, 6) is -1.55. The number of hydrogen-bond donors (Lipinski definition) is 4. The second-order valence-electron chi connectivity index (χ2n) is 4.01. The number of nitrogens with zero attached hydrogens (tertiary/aromatic N) is 1. The highest BCUT2D eigenvalue weighted by Crippen LogP contribution is 2.09. The minimum Gasteiger partial charge on any atom is -0.481 e. The average molecular weight is 240 g/mol. The van der Waals surface area contributed by atoms with Crippen LogP contribution in [0.2, 0.25) is 0 Å². The molecule has 0 fully saturated rings. The number of H-pyrrole nitrogens is 1. The van der Waals surface area contributed by atoms with E-state index in [4.69, 9.17) is 5.11 Å². The summed E-state index contributed by atoms with van der Waals surface area (Å²) in [6.07, 6.45) is 2.98. The number of anilines is 1. The van der Waals surface area contributed by atoms with Crippen LogP contribution in [0, 0.1) is 11.8 Å². The number of carboxylic acids is 1. The molecule has 1 rings (SSSR count). The largest absolute Gasteiger partial charge is 0.481 e. The Hall–Kier alpha value is -2.05. The quantitative estimate of drug-likeness (QED) is 0.613. The minimum absolute atomic E-state index is 0.0401. The van der Waals surface area contributed by atoms with E-state index < -0.39 is 17.9 Å². The van der Waals surface area contributed by atoms with Gasteiger partial charge in [-0.1, -0.05) is 13.8 Å². The number of urea groups is 1. The molecule has 94 valence electrons. The molecule has 0 bridgehead atoms. The average Bonchev–Trinajstić information content (AvgIpc) is 2.69. The number of carboxylic acid groups (broad SMARTS) is 1. The van der Waals surface area contributed by atoms with E-state index in [-0.39, 0.29) is 12.5 Å². The number of rotatable bonds is 5. The monoisotopic (exact) mass is 240 g/mol. The van der Waals surface area contributed by atoms with Crippen molar-refractivity contribution in [2.75, 3.05) is 11.9 Å². The number of aromatic nitrogens is 2. The molecule has 7 nitrogen and oxygen atoms in total. The first kappa shape index (κ1) is 13.0. The Morgan fingerprint density at radius 2 is 2.24 bits per heavy atom. The molecule has 0 saturated carbocycles. The maximum absolute atomic E-state index is 11.4. The molecule has 0 saturated heterocycles. The fraction of sp³-hybridized carbons (Fsp3) is 0.500. The standard InChI is InChI=1S/C10H16N4O3/c1-6(2)8(9(15)16)5-11-10(17)14-7-3-12-13-4-7/h3-4,6,8H,5H2,1-2H3,(H,12,13)(H,15,16)(H2,11,14,17). The molecule has 0 aliphatic rings. The topological polar surface area (TPSA) is 107 Å². The predicted molar refractivity (Wildman–Crippen MR) is 61.6 cm³/mol. The lowest BCUT2D eigenvalue weighted by atomic mass is 9.96. The van der Waals surface area contributed by atoms with Gasteiger partial charge in [0, 0.05) is 12.7 Å². The highest BCUT2D eigenvalue weighted by molar-refractivity contribution is 5.89. The van der Waals surface area contributed by atoms with E-state index in [9.17, 15) is 9.59 Å². The van der Waals surface area contributed by atoms with Crippen molar-refractivity contribution in [2.24, 2.45) is 11.8 Å². The third-order valence-electron chi connectivity index (χ3n) is 2.36. The van der Waals surface area contributed by atoms with Crippen LogP contribution in [0.3, 0.4) is 0 Å². The lowest BCUT2D eigenvalue weighted by Crippen LogP contribution is -2.37. The van der Waals surface area contributed by atoms with E-state index in [0.717, 1.165) is 0 Å². The number of aliphatic carboxylic acids is 1. The zero-order valence-electron chi connectivity index (χ0n) is 9.73. The lowest BCUT2D eigenvalue weighted by molar-refractivity contribution is -0.142. The van der Waals surface area contributed by atoms with E-state index >= 15 is 0 Å². The smallest absolute Gasteiger partial charge is 0.319 e. The van der Waals surface area contributed by atoms with Crippen molar-refractivity contribution < 1.29 is 14.7 Å². The zero-order chi connectivity index (χ0) is 12.8. The van der Waals surface area contributed by atoms with Gasteiger partial charge in [-0.25, -0.2) is 4.79 Å². The van der Waals surface area contributed by atoms with E-state index in [1.54, 1.807) is 13.8 Å². The maximum Gasteiger partial charge on any atom is 0.319 e. The lowest BCUT2D eigenvalue weighted by Gasteiger charge is -2.16. The van der Waals surface area contributed by atoms with Crippen molar-refractivity contribution in [1.82, 2.24) is 15.5 Å². The Kier molecular flexibility index (Phi) is 4.50. The van der Waals surface area contributed by atoms with E-state index in [0.29, 0.717) is 5.69 Å². The second-order valence-corrected chi connectivity index (χ2v) is 4.01. The zero-order valence-corrected chi connectivity index (χ0v) is 9.73. The molecule has 1 aromatic rings. The normalized spacial score (nSPS) is 12.2.